The Morgan fingerprint density at radius 3 is 2.55 bits per heavy atom. The lowest BCUT2D eigenvalue weighted by Gasteiger charge is -2.31. The van der Waals surface area contributed by atoms with Crippen LogP contribution in [-0.2, 0) is 4.79 Å². The molecule has 1 N–H and O–H groups in total. The molecule has 2 atom stereocenters. The Kier molecular flexibility index (Phi) is 6.87. The molecule has 3 rings (SSSR count). The third-order valence-electron chi connectivity index (χ3n) is 5.39. The molecule has 0 aromatic heterocycles. The first-order valence-corrected chi connectivity index (χ1v) is 9.98. The maximum atomic E-state index is 13.0. The second-order valence-electron chi connectivity index (χ2n) is 7.01. The summed E-state index contributed by atoms with van der Waals surface area (Å²) in [6.07, 6.45) is 1.97. The van der Waals surface area contributed by atoms with Crippen molar-refractivity contribution in [2.45, 2.75) is 31.8 Å². The van der Waals surface area contributed by atoms with Gasteiger partial charge >= 0.3 is 0 Å². The van der Waals surface area contributed by atoms with Crippen molar-refractivity contribution in [1.82, 2.24) is 4.90 Å². The number of nitrogens with one attached hydrogen (secondary N) is 1. The van der Waals surface area contributed by atoms with Gasteiger partial charge in [-0.25, -0.2) is 0 Å². The standard InChI is InChI=1S/C22H27ClN2O4/c1-14(22(26)24-18-12-15(23)7-10-20(18)28-3)25-11-5-6-19(25)17-9-8-16(27-2)13-21(17)29-4/h7-10,12-14,19H,5-6,11H2,1-4H3,(H,24,26)/t14-,19+/m0/s1. The number of hydrogen-bond acceptors (Lipinski definition) is 5. The van der Waals surface area contributed by atoms with E-state index in [1.807, 2.05) is 25.1 Å². The van der Waals surface area contributed by atoms with E-state index in [1.54, 1.807) is 39.5 Å². The topological polar surface area (TPSA) is 60.0 Å². The fourth-order valence-corrected chi connectivity index (χ4v) is 4.02. The van der Waals surface area contributed by atoms with Crippen molar-refractivity contribution in [2.75, 3.05) is 33.2 Å². The minimum atomic E-state index is -0.335. The fraction of sp³-hybridized carbons (Fsp3) is 0.409. The summed E-state index contributed by atoms with van der Waals surface area (Å²) in [6, 6.07) is 10.7. The Morgan fingerprint density at radius 2 is 1.86 bits per heavy atom. The van der Waals surface area contributed by atoms with Crippen LogP contribution in [0.2, 0.25) is 5.02 Å². The van der Waals surface area contributed by atoms with Gasteiger partial charge in [-0.15, -0.1) is 0 Å². The van der Waals surface area contributed by atoms with E-state index in [4.69, 9.17) is 25.8 Å². The van der Waals surface area contributed by atoms with Crippen molar-refractivity contribution >= 4 is 23.2 Å². The molecule has 156 valence electrons. The van der Waals surface area contributed by atoms with Gasteiger partial charge in [0, 0.05) is 22.7 Å². The Labute approximate surface area is 176 Å². The third kappa shape index (κ3) is 4.60. The summed E-state index contributed by atoms with van der Waals surface area (Å²) in [7, 11) is 4.85. The largest absolute Gasteiger partial charge is 0.497 e. The molecular weight excluding hydrogens is 392 g/mol. The van der Waals surface area contributed by atoms with E-state index in [1.165, 1.54) is 0 Å². The number of halogens is 1. The lowest BCUT2D eigenvalue weighted by molar-refractivity contribution is -0.121. The van der Waals surface area contributed by atoms with E-state index in [2.05, 4.69) is 10.2 Å². The molecule has 0 saturated carbocycles. The van der Waals surface area contributed by atoms with Crippen molar-refractivity contribution in [3.63, 3.8) is 0 Å². The molecule has 1 saturated heterocycles. The minimum Gasteiger partial charge on any atom is -0.497 e. The quantitative estimate of drug-likeness (QED) is 0.715. The number of benzene rings is 2. The van der Waals surface area contributed by atoms with Crippen LogP contribution in [0.4, 0.5) is 5.69 Å². The van der Waals surface area contributed by atoms with E-state index < -0.39 is 0 Å². The molecule has 6 nitrogen and oxygen atoms in total. The molecule has 0 aliphatic carbocycles. The molecule has 1 amide bonds. The summed E-state index contributed by atoms with van der Waals surface area (Å²) >= 11 is 6.08. The number of carbonyl (C=O) groups is 1. The van der Waals surface area contributed by atoms with Crippen LogP contribution in [0, 0.1) is 0 Å². The summed E-state index contributed by atoms with van der Waals surface area (Å²) in [5.41, 5.74) is 1.63. The monoisotopic (exact) mass is 418 g/mol. The number of anilines is 1. The molecule has 1 fully saturated rings. The SMILES string of the molecule is COc1ccc([C@H]2CCCN2[C@@H](C)C(=O)Nc2cc(Cl)ccc2OC)c(OC)c1. The van der Waals surface area contributed by atoms with E-state index in [-0.39, 0.29) is 18.0 Å². The Balaban J connectivity index is 1.81. The molecule has 7 heteroatoms. The van der Waals surface area contributed by atoms with E-state index in [9.17, 15) is 4.79 Å². The van der Waals surface area contributed by atoms with Gasteiger partial charge in [-0.1, -0.05) is 17.7 Å². The molecule has 29 heavy (non-hydrogen) atoms. The first-order chi connectivity index (χ1) is 14.0. The first-order valence-electron chi connectivity index (χ1n) is 9.60. The maximum absolute atomic E-state index is 13.0. The predicted octanol–water partition coefficient (Wildman–Crippen LogP) is 4.53. The normalized spacial score (nSPS) is 17.6. The smallest absolute Gasteiger partial charge is 0.241 e. The van der Waals surface area contributed by atoms with Crippen LogP contribution in [0.25, 0.3) is 0 Å². The van der Waals surface area contributed by atoms with Crippen LogP contribution in [0.5, 0.6) is 17.2 Å². The van der Waals surface area contributed by atoms with Crippen molar-refractivity contribution in [3.8, 4) is 17.2 Å². The van der Waals surface area contributed by atoms with E-state index in [0.717, 1.165) is 36.4 Å². The number of nitrogens with zero attached hydrogens (tertiary/aromatic N) is 1. The van der Waals surface area contributed by atoms with Gasteiger partial charge in [-0.05, 0) is 50.6 Å². The lowest BCUT2D eigenvalue weighted by atomic mass is 10.0. The molecule has 0 bridgehead atoms. The van der Waals surface area contributed by atoms with E-state index >= 15 is 0 Å². The van der Waals surface area contributed by atoms with Crippen molar-refractivity contribution in [2.24, 2.45) is 0 Å². The van der Waals surface area contributed by atoms with Gasteiger partial charge in [0.15, 0.2) is 0 Å². The molecule has 1 aliphatic rings. The van der Waals surface area contributed by atoms with Crippen LogP contribution in [0.1, 0.15) is 31.4 Å². The highest BCUT2D eigenvalue weighted by atomic mass is 35.5. The van der Waals surface area contributed by atoms with Crippen LogP contribution in [-0.4, -0.2) is 44.7 Å². The van der Waals surface area contributed by atoms with Crippen molar-refractivity contribution < 1.29 is 19.0 Å². The second kappa shape index (κ2) is 9.37. The summed E-state index contributed by atoms with van der Waals surface area (Å²) in [6.45, 7) is 2.75. The van der Waals surface area contributed by atoms with Crippen molar-refractivity contribution in [3.05, 3.63) is 47.0 Å². The molecule has 0 radical (unpaired) electrons. The third-order valence-corrected chi connectivity index (χ3v) is 5.63. The lowest BCUT2D eigenvalue weighted by Crippen LogP contribution is -2.41. The number of methoxy groups -OCH3 is 3. The zero-order chi connectivity index (χ0) is 21.0. The average Bonchev–Trinajstić information content (AvgIpc) is 3.22. The van der Waals surface area contributed by atoms with Gasteiger partial charge in [0.25, 0.3) is 0 Å². The number of amides is 1. The molecule has 0 spiro atoms. The van der Waals surface area contributed by atoms with Crippen LogP contribution < -0.4 is 19.5 Å². The van der Waals surface area contributed by atoms with Crippen LogP contribution in [0.3, 0.4) is 0 Å². The molecule has 1 heterocycles. The fourth-order valence-electron chi connectivity index (χ4n) is 3.85. The highest BCUT2D eigenvalue weighted by Gasteiger charge is 2.34. The maximum Gasteiger partial charge on any atom is 0.241 e. The Hall–Kier alpha value is -2.44. The van der Waals surface area contributed by atoms with Gasteiger partial charge in [-0.2, -0.15) is 0 Å². The minimum absolute atomic E-state index is 0.0952. The molecule has 1 aliphatic heterocycles. The number of ether oxygens (including phenoxy) is 3. The summed E-state index contributed by atoms with van der Waals surface area (Å²) in [5.74, 6) is 1.98. The van der Waals surface area contributed by atoms with Crippen molar-refractivity contribution in [1.29, 1.82) is 0 Å². The highest BCUT2D eigenvalue weighted by Crippen LogP contribution is 2.40. The van der Waals surface area contributed by atoms with Gasteiger partial charge in [-0.3, -0.25) is 9.69 Å². The number of carbonyl (C=O) groups excluding carboxylic acids is 1. The molecule has 2 aromatic rings. The summed E-state index contributed by atoms with van der Waals surface area (Å²) < 4.78 is 16.2. The first kappa shape index (κ1) is 21.3. The second-order valence-corrected chi connectivity index (χ2v) is 7.45. The van der Waals surface area contributed by atoms with Gasteiger partial charge in [0.05, 0.1) is 33.1 Å². The predicted molar refractivity (Wildman–Crippen MR) is 114 cm³/mol. The zero-order valence-electron chi connectivity index (χ0n) is 17.2. The van der Waals surface area contributed by atoms with Crippen LogP contribution >= 0.6 is 11.6 Å². The Morgan fingerprint density at radius 1 is 1.10 bits per heavy atom. The summed E-state index contributed by atoms with van der Waals surface area (Å²) in [5, 5.41) is 3.49. The van der Waals surface area contributed by atoms with Gasteiger partial charge < -0.3 is 19.5 Å². The Bertz CT molecular complexity index is 874. The molecule has 0 unspecified atom stereocenters. The summed E-state index contributed by atoms with van der Waals surface area (Å²) in [4.78, 5) is 15.2. The zero-order valence-corrected chi connectivity index (χ0v) is 18.0. The number of hydrogen-bond donors (Lipinski definition) is 1. The molecular formula is C22H27ClN2O4. The van der Waals surface area contributed by atoms with Gasteiger partial charge in [0.1, 0.15) is 17.2 Å². The van der Waals surface area contributed by atoms with E-state index in [0.29, 0.717) is 16.5 Å². The highest BCUT2D eigenvalue weighted by molar-refractivity contribution is 6.31. The average molecular weight is 419 g/mol. The number of likely N-dealkylation sites (tertiary alicyclic amines) is 1. The van der Waals surface area contributed by atoms with Gasteiger partial charge in [0.2, 0.25) is 5.91 Å². The number of rotatable bonds is 7. The van der Waals surface area contributed by atoms with Crippen LogP contribution in [0.15, 0.2) is 36.4 Å². The molecule has 2 aromatic carbocycles.